The smallest absolute Gasteiger partial charge is 0.241 e. The van der Waals surface area contributed by atoms with E-state index in [2.05, 4.69) is 38.3 Å². The highest BCUT2D eigenvalue weighted by Crippen LogP contribution is 2.34. The van der Waals surface area contributed by atoms with Gasteiger partial charge in [0.15, 0.2) is 0 Å². The van der Waals surface area contributed by atoms with Gasteiger partial charge in [-0.2, -0.15) is 5.10 Å². The summed E-state index contributed by atoms with van der Waals surface area (Å²) >= 11 is 3.41. The van der Waals surface area contributed by atoms with Crippen molar-refractivity contribution in [1.29, 1.82) is 0 Å². The van der Waals surface area contributed by atoms with Gasteiger partial charge < -0.3 is 10.2 Å². The van der Waals surface area contributed by atoms with Crippen LogP contribution in [-0.2, 0) is 11.3 Å². The number of hydrogen-bond donors (Lipinski definition) is 1. The molecule has 0 saturated carbocycles. The lowest BCUT2D eigenvalue weighted by Crippen LogP contribution is -2.49. The number of piperidine rings is 1. The number of rotatable bonds is 3. The Hall–Kier alpha value is -0.880. The molecule has 3 heterocycles. The molecule has 2 fully saturated rings. The van der Waals surface area contributed by atoms with Gasteiger partial charge >= 0.3 is 0 Å². The standard InChI is InChI=1S/C14H21BrN4O/c1-9-13(15)7-19(17-9)8-14(20)16-10-5-11-3-4-12(6-10)18(11)2/h7,10-12H,3-6,8H2,1-2H3,(H,16,20). The van der Waals surface area contributed by atoms with E-state index >= 15 is 0 Å². The van der Waals surface area contributed by atoms with E-state index in [4.69, 9.17) is 0 Å². The van der Waals surface area contributed by atoms with Crippen molar-refractivity contribution in [3.63, 3.8) is 0 Å². The Labute approximate surface area is 127 Å². The van der Waals surface area contributed by atoms with E-state index in [0.717, 1.165) is 23.0 Å². The van der Waals surface area contributed by atoms with Gasteiger partial charge in [0.25, 0.3) is 0 Å². The minimum atomic E-state index is 0.0638. The zero-order chi connectivity index (χ0) is 14.3. The first-order valence-corrected chi connectivity index (χ1v) is 8.03. The van der Waals surface area contributed by atoms with Crippen molar-refractivity contribution < 1.29 is 4.79 Å². The molecule has 2 saturated heterocycles. The number of carbonyl (C=O) groups excluding carboxylic acids is 1. The van der Waals surface area contributed by atoms with Crippen LogP contribution in [0.4, 0.5) is 0 Å². The van der Waals surface area contributed by atoms with Crippen LogP contribution in [0.3, 0.4) is 0 Å². The van der Waals surface area contributed by atoms with Gasteiger partial charge in [-0.05, 0) is 55.6 Å². The quantitative estimate of drug-likeness (QED) is 0.910. The summed E-state index contributed by atoms with van der Waals surface area (Å²) in [6.07, 6.45) is 6.58. The third kappa shape index (κ3) is 2.76. The highest BCUT2D eigenvalue weighted by molar-refractivity contribution is 9.10. The number of aromatic nitrogens is 2. The molecule has 0 aliphatic carbocycles. The lowest BCUT2D eigenvalue weighted by molar-refractivity contribution is -0.123. The minimum Gasteiger partial charge on any atom is -0.352 e. The summed E-state index contributed by atoms with van der Waals surface area (Å²) in [6, 6.07) is 1.64. The number of fused-ring (bicyclic) bond motifs is 2. The molecule has 1 amide bonds. The second-order valence-electron chi connectivity index (χ2n) is 6.05. The van der Waals surface area contributed by atoms with Crippen LogP contribution in [0.15, 0.2) is 10.7 Å². The molecule has 20 heavy (non-hydrogen) atoms. The van der Waals surface area contributed by atoms with E-state index in [1.165, 1.54) is 12.8 Å². The molecule has 2 aliphatic heterocycles. The Morgan fingerprint density at radius 1 is 1.45 bits per heavy atom. The van der Waals surface area contributed by atoms with Crippen LogP contribution >= 0.6 is 15.9 Å². The van der Waals surface area contributed by atoms with E-state index in [0.29, 0.717) is 24.7 Å². The largest absolute Gasteiger partial charge is 0.352 e. The second-order valence-corrected chi connectivity index (χ2v) is 6.90. The van der Waals surface area contributed by atoms with Gasteiger partial charge in [-0.15, -0.1) is 0 Å². The molecule has 2 atom stereocenters. The fourth-order valence-corrected chi connectivity index (χ4v) is 3.84. The Bertz CT molecular complexity index is 482. The molecule has 0 spiro atoms. The predicted molar refractivity (Wildman–Crippen MR) is 80.4 cm³/mol. The van der Waals surface area contributed by atoms with Crippen molar-refractivity contribution in [2.75, 3.05) is 7.05 Å². The zero-order valence-electron chi connectivity index (χ0n) is 12.0. The van der Waals surface area contributed by atoms with E-state index in [1.807, 2.05) is 13.1 Å². The van der Waals surface area contributed by atoms with E-state index in [-0.39, 0.29) is 5.91 Å². The molecule has 2 aliphatic rings. The molecule has 1 aromatic heterocycles. The summed E-state index contributed by atoms with van der Waals surface area (Å²) in [7, 11) is 2.21. The van der Waals surface area contributed by atoms with Crippen LogP contribution in [-0.4, -0.2) is 45.8 Å². The lowest BCUT2D eigenvalue weighted by Gasteiger charge is -2.36. The summed E-state index contributed by atoms with van der Waals surface area (Å²) < 4.78 is 2.64. The third-order valence-corrected chi connectivity index (χ3v) is 5.43. The fourth-order valence-electron chi connectivity index (χ4n) is 3.52. The molecule has 1 aromatic rings. The summed E-state index contributed by atoms with van der Waals surface area (Å²) in [4.78, 5) is 14.6. The summed E-state index contributed by atoms with van der Waals surface area (Å²) in [6.45, 7) is 2.22. The molecule has 110 valence electrons. The van der Waals surface area contributed by atoms with Crippen molar-refractivity contribution in [3.8, 4) is 0 Å². The fraction of sp³-hybridized carbons (Fsp3) is 0.714. The molecular weight excluding hydrogens is 320 g/mol. The molecule has 6 heteroatoms. The molecule has 0 radical (unpaired) electrons. The highest BCUT2D eigenvalue weighted by atomic mass is 79.9. The Kier molecular flexibility index (Phi) is 3.86. The normalized spacial score (nSPS) is 29.6. The second kappa shape index (κ2) is 5.48. The van der Waals surface area contributed by atoms with Crippen LogP contribution in [0.5, 0.6) is 0 Å². The van der Waals surface area contributed by atoms with Crippen LogP contribution in [0.2, 0.25) is 0 Å². The first-order valence-electron chi connectivity index (χ1n) is 7.24. The van der Waals surface area contributed by atoms with E-state index in [1.54, 1.807) is 4.68 Å². The van der Waals surface area contributed by atoms with Crippen molar-refractivity contribution in [1.82, 2.24) is 20.0 Å². The predicted octanol–water partition coefficient (Wildman–Crippen LogP) is 1.70. The minimum absolute atomic E-state index is 0.0638. The summed E-state index contributed by atoms with van der Waals surface area (Å²) in [5, 5.41) is 7.47. The summed E-state index contributed by atoms with van der Waals surface area (Å²) in [5.74, 6) is 0.0638. The van der Waals surface area contributed by atoms with Crippen molar-refractivity contribution in [3.05, 3.63) is 16.4 Å². The topological polar surface area (TPSA) is 50.2 Å². The van der Waals surface area contributed by atoms with E-state index < -0.39 is 0 Å². The average molecular weight is 341 g/mol. The molecule has 5 nitrogen and oxygen atoms in total. The van der Waals surface area contributed by atoms with Crippen LogP contribution < -0.4 is 5.32 Å². The van der Waals surface area contributed by atoms with Crippen molar-refractivity contribution in [2.45, 2.75) is 57.3 Å². The monoisotopic (exact) mass is 340 g/mol. The number of hydrogen-bond acceptors (Lipinski definition) is 3. The van der Waals surface area contributed by atoms with Crippen molar-refractivity contribution >= 4 is 21.8 Å². The van der Waals surface area contributed by atoms with Crippen LogP contribution in [0.25, 0.3) is 0 Å². The number of aryl methyl sites for hydroxylation is 1. The molecular formula is C14H21BrN4O. The maximum absolute atomic E-state index is 12.1. The first kappa shape index (κ1) is 14.1. The van der Waals surface area contributed by atoms with Gasteiger partial charge in [0.05, 0.1) is 10.2 Å². The van der Waals surface area contributed by atoms with Gasteiger partial charge in [-0.1, -0.05) is 0 Å². The van der Waals surface area contributed by atoms with Gasteiger partial charge in [0.2, 0.25) is 5.91 Å². The maximum Gasteiger partial charge on any atom is 0.241 e. The zero-order valence-corrected chi connectivity index (χ0v) is 13.6. The lowest BCUT2D eigenvalue weighted by atomic mass is 9.98. The van der Waals surface area contributed by atoms with Gasteiger partial charge in [-0.3, -0.25) is 9.48 Å². The number of halogens is 1. The molecule has 3 rings (SSSR count). The third-order valence-electron chi connectivity index (χ3n) is 4.66. The number of carbonyl (C=O) groups is 1. The van der Waals surface area contributed by atoms with Crippen LogP contribution in [0.1, 0.15) is 31.4 Å². The van der Waals surface area contributed by atoms with Gasteiger partial charge in [0, 0.05) is 24.3 Å². The molecule has 2 bridgehead atoms. The first-order chi connectivity index (χ1) is 9.52. The molecule has 2 unspecified atom stereocenters. The molecule has 0 aromatic carbocycles. The maximum atomic E-state index is 12.1. The van der Waals surface area contributed by atoms with Crippen LogP contribution in [0, 0.1) is 6.92 Å². The molecule has 1 N–H and O–H groups in total. The number of amides is 1. The van der Waals surface area contributed by atoms with Gasteiger partial charge in [0.1, 0.15) is 6.54 Å². The number of nitrogens with zero attached hydrogens (tertiary/aromatic N) is 3. The summed E-state index contributed by atoms with van der Waals surface area (Å²) in [5.41, 5.74) is 0.912. The Morgan fingerprint density at radius 3 is 2.65 bits per heavy atom. The number of nitrogens with one attached hydrogen (secondary N) is 1. The Morgan fingerprint density at radius 2 is 2.10 bits per heavy atom. The average Bonchev–Trinajstić information content (AvgIpc) is 2.78. The van der Waals surface area contributed by atoms with Gasteiger partial charge in [-0.25, -0.2) is 0 Å². The van der Waals surface area contributed by atoms with E-state index in [9.17, 15) is 4.79 Å². The van der Waals surface area contributed by atoms with Crippen molar-refractivity contribution in [2.24, 2.45) is 0 Å². The highest BCUT2D eigenvalue weighted by Gasteiger charge is 2.38. The SMILES string of the molecule is Cc1nn(CC(=O)NC2CC3CCC(C2)N3C)cc1Br. The Balaban J connectivity index is 1.54.